The number of nitrogens with two attached hydrogens (primary N) is 1. The molecule has 1 heterocycles. The number of carbonyl (C=O) groups is 1. The summed E-state index contributed by atoms with van der Waals surface area (Å²) in [5.74, 6) is 0.979. The molecule has 1 aromatic heterocycles. The van der Waals surface area contributed by atoms with E-state index >= 15 is 0 Å². The van der Waals surface area contributed by atoms with Crippen LogP contribution in [0.5, 0.6) is 5.75 Å². The molecule has 3 aromatic rings. The van der Waals surface area contributed by atoms with Crippen molar-refractivity contribution in [2.45, 2.75) is 6.92 Å². The molecule has 0 spiro atoms. The molecule has 2 aromatic carbocycles. The Morgan fingerprint density at radius 3 is 2.48 bits per heavy atom. The number of ether oxygens (including phenoxy) is 1. The predicted molar refractivity (Wildman–Crippen MR) is 97.0 cm³/mol. The van der Waals surface area contributed by atoms with Crippen LogP contribution >= 0.6 is 0 Å². The van der Waals surface area contributed by atoms with Crippen LogP contribution in [-0.2, 0) is 0 Å². The van der Waals surface area contributed by atoms with E-state index in [4.69, 9.17) is 10.5 Å². The Hall–Kier alpha value is -3.41. The molecule has 0 bridgehead atoms. The maximum absolute atomic E-state index is 11.2. The van der Waals surface area contributed by atoms with Crippen molar-refractivity contribution in [3.63, 3.8) is 0 Å². The van der Waals surface area contributed by atoms with Crippen molar-refractivity contribution in [2.75, 3.05) is 12.4 Å². The molecule has 0 saturated carbocycles. The minimum atomic E-state index is -0.455. The van der Waals surface area contributed by atoms with Crippen LogP contribution < -0.4 is 15.8 Å². The van der Waals surface area contributed by atoms with Crippen molar-refractivity contribution < 1.29 is 9.53 Å². The van der Waals surface area contributed by atoms with Crippen molar-refractivity contribution in [3.8, 4) is 17.0 Å². The second-order valence-corrected chi connectivity index (χ2v) is 5.46. The average molecular weight is 334 g/mol. The van der Waals surface area contributed by atoms with Gasteiger partial charge in [-0.2, -0.15) is 0 Å². The minimum Gasteiger partial charge on any atom is -0.496 e. The standard InChI is InChI=1S/C19H18N4O2/c1-12-17(15-5-3-4-6-16(15)25-2)21-11-22-19(12)23-14-9-7-13(8-10-14)18(20)24/h3-11H,1-2H3,(H2,20,24)(H,21,22,23). The quantitative estimate of drug-likeness (QED) is 0.747. The molecule has 0 unspecified atom stereocenters. The number of hydrogen-bond acceptors (Lipinski definition) is 5. The summed E-state index contributed by atoms with van der Waals surface area (Å²) >= 11 is 0. The Bertz CT molecular complexity index is 908. The molecule has 6 nitrogen and oxygen atoms in total. The summed E-state index contributed by atoms with van der Waals surface area (Å²) in [6.07, 6.45) is 1.51. The molecule has 3 rings (SSSR count). The zero-order valence-corrected chi connectivity index (χ0v) is 14.0. The molecule has 25 heavy (non-hydrogen) atoms. The Labute approximate surface area is 145 Å². The van der Waals surface area contributed by atoms with Crippen LogP contribution in [0, 0.1) is 6.92 Å². The van der Waals surface area contributed by atoms with Gasteiger partial charge in [0.2, 0.25) is 5.91 Å². The van der Waals surface area contributed by atoms with E-state index in [9.17, 15) is 4.79 Å². The van der Waals surface area contributed by atoms with E-state index in [0.717, 1.165) is 28.3 Å². The number of para-hydroxylation sites is 1. The molecule has 0 aliphatic carbocycles. The largest absolute Gasteiger partial charge is 0.496 e. The number of hydrogen-bond donors (Lipinski definition) is 2. The van der Waals surface area contributed by atoms with E-state index in [1.807, 2.05) is 31.2 Å². The van der Waals surface area contributed by atoms with Gasteiger partial charge in [0, 0.05) is 22.4 Å². The van der Waals surface area contributed by atoms with Crippen LogP contribution in [0.2, 0.25) is 0 Å². The fourth-order valence-electron chi connectivity index (χ4n) is 2.54. The molecule has 0 atom stereocenters. The van der Waals surface area contributed by atoms with Gasteiger partial charge in [-0.1, -0.05) is 12.1 Å². The summed E-state index contributed by atoms with van der Waals surface area (Å²) in [7, 11) is 1.63. The van der Waals surface area contributed by atoms with Crippen LogP contribution in [0.3, 0.4) is 0 Å². The molecule has 0 saturated heterocycles. The Balaban J connectivity index is 1.95. The maximum atomic E-state index is 11.2. The summed E-state index contributed by atoms with van der Waals surface area (Å²) in [6.45, 7) is 1.95. The smallest absolute Gasteiger partial charge is 0.248 e. The Kier molecular flexibility index (Phi) is 4.61. The van der Waals surface area contributed by atoms with Gasteiger partial charge in [0.05, 0.1) is 12.8 Å². The van der Waals surface area contributed by atoms with Gasteiger partial charge in [0.15, 0.2) is 0 Å². The summed E-state index contributed by atoms with van der Waals surface area (Å²) in [6, 6.07) is 14.6. The highest BCUT2D eigenvalue weighted by atomic mass is 16.5. The molecule has 0 aliphatic heterocycles. The lowest BCUT2D eigenvalue weighted by atomic mass is 10.1. The van der Waals surface area contributed by atoms with Crippen LogP contribution in [0.4, 0.5) is 11.5 Å². The lowest BCUT2D eigenvalue weighted by Crippen LogP contribution is -2.10. The van der Waals surface area contributed by atoms with Gasteiger partial charge in [-0.15, -0.1) is 0 Å². The molecule has 6 heteroatoms. The fourth-order valence-corrected chi connectivity index (χ4v) is 2.54. The van der Waals surface area contributed by atoms with Crippen molar-refractivity contribution in [2.24, 2.45) is 5.73 Å². The normalized spacial score (nSPS) is 10.3. The topological polar surface area (TPSA) is 90.1 Å². The monoisotopic (exact) mass is 334 g/mol. The third-order valence-corrected chi connectivity index (χ3v) is 3.88. The van der Waals surface area contributed by atoms with Gasteiger partial charge in [0.1, 0.15) is 17.9 Å². The van der Waals surface area contributed by atoms with Gasteiger partial charge in [-0.25, -0.2) is 9.97 Å². The second-order valence-electron chi connectivity index (χ2n) is 5.46. The second kappa shape index (κ2) is 7.00. The van der Waals surface area contributed by atoms with Crippen LogP contribution in [0.15, 0.2) is 54.9 Å². The number of carbonyl (C=O) groups excluding carboxylic acids is 1. The van der Waals surface area contributed by atoms with Crippen LogP contribution in [0.1, 0.15) is 15.9 Å². The third kappa shape index (κ3) is 3.42. The molecule has 1 amide bonds. The fraction of sp³-hybridized carbons (Fsp3) is 0.105. The van der Waals surface area contributed by atoms with E-state index in [2.05, 4.69) is 15.3 Å². The number of nitrogens with one attached hydrogen (secondary N) is 1. The maximum Gasteiger partial charge on any atom is 0.248 e. The first-order valence-corrected chi connectivity index (χ1v) is 7.72. The zero-order chi connectivity index (χ0) is 17.8. The van der Waals surface area contributed by atoms with E-state index in [1.165, 1.54) is 6.33 Å². The predicted octanol–water partition coefficient (Wildman–Crippen LogP) is 3.30. The van der Waals surface area contributed by atoms with Crippen molar-refractivity contribution in [1.82, 2.24) is 9.97 Å². The zero-order valence-electron chi connectivity index (χ0n) is 14.0. The summed E-state index contributed by atoms with van der Waals surface area (Å²) < 4.78 is 5.42. The van der Waals surface area contributed by atoms with Gasteiger partial charge < -0.3 is 15.8 Å². The lowest BCUT2D eigenvalue weighted by Gasteiger charge is -2.13. The Morgan fingerprint density at radius 2 is 1.80 bits per heavy atom. The third-order valence-electron chi connectivity index (χ3n) is 3.88. The first-order chi connectivity index (χ1) is 12.1. The number of methoxy groups -OCH3 is 1. The number of rotatable bonds is 5. The molecule has 0 fully saturated rings. The van der Waals surface area contributed by atoms with Crippen LogP contribution in [0.25, 0.3) is 11.3 Å². The molecule has 0 aliphatic rings. The van der Waals surface area contributed by atoms with Gasteiger partial charge >= 0.3 is 0 Å². The number of amides is 1. The highest BCUT2D eigenvalue weighted by Gasteiger charge is 2.13. The molecular formula is C19H18N4O2. The summed E-state index contributed by atoms with van der Waals surface area (Å²) in [4.78, 5) is 19.9. The molecular weight excluding hydrogens is 316 g/mol. The number of anilines is 2. The SMILES string of the molecule is COc1ccccc1-c1ncnc(Nc2ccc(C(N)=O)cc2)c1C. The number of primary amides is 1. The van der Waals surface area contributed by atoms with E-state index in [0.29, 0.717) is 11.4 Å². The number of benzene rings is 2. The van der Waals surface area contributed by atoms with Crippen molar-refractivity contribution in [3.05, 3.63) is 66.0 Å². The molecule has 0 radical (unpaired) electrons. The lowest BCUT2D eigenvalue weighted by molar-refractivity contribution is 0.100. The molecule has 126 valence electrons. The Morgan fingerprint density at radius 1 is 1.08 bits per heavy atom. The van der Waals surface area contributed by atoms with Crippen molar-refractivity contribution >= 4 is 17.4 Å². The van der Waals surface area contributed by atoms with Crippen molar-refractivity contribution in [1.29, 1.82) is 0 Å². The first kappa shape index (κ1) is 16.4. The van der Waals surface area contributed by atoms with E-state index in [-0.39, 0.29) is 0 Å². The van der Waals surface area contributed by atoms with E-state index < -0.39 is 5.91 Å². The summed E-state index contributed by atoms with van der Waals surface area (Å²) in [5.41, 5.74) is 9.11. The highest BCUT2D eigenvalue weighted by molar-refractivity contribution is 5.93. The van der Waals surface area contributed by atoms with Crippen LogP contribution in [-0.4, -0.2) is 23.0 Å². The van der Waals surface area contributed by atoms with Gasteiger partial charge in [-0.3, -0.25) is 4.79 Å². The van der Waals surface area contributed by atoms with Gasteiger partial charge in [-0.05, 0) is 43.3 Å². The summed E-state index contributed by atoms with van der Waals surface area (Å²) in [5, 5.41) is 3.24. The average Bonchev–Trinajstić information content (AvgIpc) is 2.64. The van der Waals surface area contributed by atoms with Gasteiger partial charge in [0.25, 0.3) is 0 Å². The first-order valence-electron chi connectivity index (χ1n) is 7.72. The number of nitrogens with zero attached hydrogens (tertiary/aromatic N) is 2. The minimum absolute atomic E-state index is 0.455. The highest BCUT2D eigenvalue weighted by Crippen LogP contribution is 2.32. The number of aromatic nitrogens is 2. The molecule has 3 N–H and O–H groups in total. The van der Waals surface area contributed by atoms with E-state index in [1.54, 1.807) is 31.4 Å².